The Morgan fingerprint density at radius 2 is 1.09 bits per heavy atom. The molecule has 4 fully saturated rings. The molecule has 0 aromatic rings. The fraction of sp³-hybridized carbons (Fsp3) is 1.00. The van der Waals surface area contributed by atoms with Crippen molar-refractivity contribution in [1.29, 1.82) is 0 Å². The number of hydrogen-bond acceptors (Lipinski definition) is 0. The molecule has 4 saturated carbocycles. The van der Waals surface area contributed by atoms with Gasteiger partial charge in [0.25, 0.3) is 0 Å². The van der Waals surface area contributed by atoms with Gasteiger partial charge in [0.15, 0.2) is 0 Å². The fourth-order valence-electron chi connectivity index (χ4n) is 6.05. The molecule has 4 bridgehead atoms. The summed E-state index contributed by atoms with van der Waals surface area (Å²) >= 11 is 18.2. The van der Waals surface area contributed by atoms with Gasteiger partial charge < -0.3 is 0 Å². The van der Waals surface area contributed by atoms with Crippen LogP contribution < -0.4 is 0 Å². The molecule has 0 aromatic heterocycles. The van der Waals surface area contributed by atoms with Gasteiger partial charge in [-0.15, -0.1) is 33.2 Å². The van der Waals surface area contributed by atoms with Gasteiger partial charge in [-0.05, 0) is 43.9 Å². The Hall–Kier alpha value is 0.667. The second-order valence-electron chi connectivity index (χ2n) is 8.21. The van der Waals surface area contributed by atoms with E-state index >= 15 is 0 Å². The maximum absolute atomic E-state index is 13.8. The summed E-state index contributed by atoms with van der Waals surface area (Å²) < 4.78 is 82.8. The van der Waals surface area contributed by atoms with Gasteiger partial charge in [0.1, 0.15) is 0 Å². The molecular formula is C13H15Cl3F6Si. The summed E-state index contributed by atoms with van der Waals surface area (Å²) in [5.41, 5.74) is -5.90. The fourth-order valence-corrected chi connectivity index (χ4v) is 9.55. The zero-order chi connectivity index (χ0) is 17.7. The highest BCUT2D eigenvalue weighted by Crippen LogP contribution is 2.84. The third kappa shape index (κ3) is 2.39. The largest absolute Gasteiger partial charge is 0.394 e. The van der Waals surface area contributed by atoms with Gasteiger partial charge in [0, 0.05) is 5.04 Å². The maximum Gasteiger partial charge on any atom is 0.394 e. The number of alkyl halides is 6. The van der Waals surface area contributed by atoms with Crippen LogP contribution in [0.1, 0.15) is 45.4 Å². The second kappa shape index (κ2) is 4.49. The standard InChI is InChI=1S/C13H15Cl3F6Si/c1-8-2-9(12(17,18)19)5-10(3-8,13(20,21)22)7-11(4-8,6-9)23(14,15)16/h2-7H2,1H3. The van der Waals surface area contributed by atoms with Crippen LogP contribution in [0.15, 0.2) is 0 Å². The predicted octanol–water partition coefficient (Wildman–Crippen LogP) is 6.87. The molecule has 0 heterocycles. The maximum atomic E-state index is 13.8. The Morgan fingerprint density at radius 3 is 1.39 bits per heavy atom. The highest BCUT2D eigenvalue weighted by Gasteiger charge is 2.81. The van der Waals surface area contributed by atoms with E-state index in [0.29, 0.717) is 0 Å². The van der Waals surface area contributed by atoms with Crippen molar-refractivity contribution in [3.8, 4) is 0 Å². The van der Waals surface area contributed by atoms with E-state index in [9.17, 15) is 26.3 Å². The summed E-state index contributed by atoms with van der Waals surface area (Å²) in [6.07, 6.45) is -11.9. The average Bonchev–Trinajstić information content (AvgIpc) is 2.20. The quantitative estimate of drug-likeness (QED) is 0.247. The summed E-state index contributed by atoms with van der Waals surface area (Å²) in [6, 6.07) is -3.79. The first-order valence-electron chi connectivity index (χ1n) is 7.19. The second-order valence-corrected chi connectivity index (χ2v) is 17.1. The summed E-state index contributed by atoms with van der Waals surface area (Å²) in [7, 11) is 0. The zero-order valence-corrected chi connectivity index (χ0v) is 15.4. The van der Waals surface area contributed by atoms with Crippen LogP contribution in [-0.4, -0.2) is 18.4 Å². The first kappa shape index (κ1) is 18.5. The zero-order valence-electron chi connectivity index (χ0n) is 12.1. The van der Waals surface area contributed by atoms with E-state index in [1.165, 1.54) is 6.92 Å². The minimum Gasteiger partial charge on any atom is -0.171 e. The third-order valence-corrected chi connectivity index (χ3v) is 11.5. The van der Waals surface area contributed by atoms with Crippen LogP contribution in [-0.2, 0) is 0 Å². The Balaban J connectivity index is 2.23. The van der Waals surface area contributed by atoms with Gasteiger partial charge >= 0.3 is 18.4 Å². The molecule has 10 heteroatoms. The Morgan fingerprint density at radius 1 is 0.696 bits per heavy atom. The van der Waals surface area contributed by atoms with Crippen LogP contribution in [0.3, 0.4) is 0 Å². The first-order chi connectivity index (χ1) is 9.99. The summed E-state index contributed by atoms with van der Waals surface area (Å²) in [6.45, 7) is 1.49. The van der Waals surface area contributed by atoms with Crippen LogP contribution in [0.2, 0.25) is 5.04 Å². The molecule has 4 aliphatic carbocycles. The molecule has 2 unspecified atom stereocenters. The first-order valence-corrected chi connectivity index (χ1v) is 12.2. The molecule has 0 nitrogen and oxygen atoms in total. The van der Waals surface area contributed by atoms with Crippen molar-refractivity contribution in [2.24, 2.45) is 16.2 Å². The Kier molecular flexibility index (Phi) is 3.61. The van der Waals surface area contributed by atoms with Crippen molar-refractivity contribution in [1.82, 2.24) is 0 Å². The van der Waals surface area contributed by atoms with Gasteiger partial charge in [-0.1, -0.05) is 6.92 Å². The van der Waals surface area contributed by atoms with Crippen LogP contribution in [0.5, 0.6) is 0 Å². The molecule has 4 aliphatic rings. The van der Waals surface area contributed by atoms with Crippen molar-refractivity contribution >= 4 is 39.2 Å². The number of hydrogen-bond donors (Lipinski definition) is 0. The van der Waals surface area contributed by atoms with Gasteiger partial charge in [-0.2, -0.15) is 26.3 Å². The lowest BCUT2D eigenvalue weighted by Gasteiger charge is -2.70. The number of rotatable bonds is 1. The molecule has 0 spiro atoms. The van der Waals surface area contributed by atoms with E-state index in [4.69, 9.17) is 33.2 Å². The van der Waals surface area contributed by atoms with Crippen molar-refractivity contribution in [3.05, 3.63) is 0 Å². The molecule has 23 heavy (non-hydrogen) atoms. The molecule has 0 aliphatic heterocycles. The highest BCUT2D eigenvalue weighted by atomic mass is 35.8. The lowest BCUT2D eigenvalue weighted by molar-refractivity contribution is -0.348. The van der Waals surface area contributed by atoms with E-state index < -0.39 is 58.9 Å². The van der Waals surface area contributed by atoms with Crippen LogP contribution in [0, 0.1) is 16.2 Å². The van der Waals surface area contributed by atoms with Crippen LogP contribution in [0.4, 0.5) is 26.3 Å². The molecule has 4 rings (SSSR count). The van der Waals surface area contributed by atoms with E-state index in [1.807, 2.05) is 0 Å². The predicted molar refractivity (Wildman–Crippen MR) is 78.8 cm³/mol. The number of halogens is 9. The van der Waals surface area contributed by atoms with Gasteiger partial charge in [-0.3, -0.25) is 0 Å². The van der Waals surface area contributed by atoms with Gasteiger partial charge in [-0.25, -0.2) is 0 Å². The Bertz CT molecular complexity index is 455. The smallest absolute Gasteiger partial charge is 0.171 e. The minimum absolute atomic E-state index is 0.137. The SMILES string of the molecule is CC12CC3(C(F)(F)F)CC(C(F)(F)F)(C1)CC([Si](Cl)(Cl)Cl)(C2)C3. The average molecular weight is 420 g/mol. The van der Waals surface area contributed by atoms with Crippen molar-refractivity contribution in [3.63, 3.8) is 0 Å². The topological polar surface area (TPSA) is 0 Å². The normalized spacial score (nSPS) is 47.2. The van der Waals surface area contributed by atoms with Crippen molar-refractivity contribution in [2.45, 2.75) is 62.8 Å². The molecule has 0 N–H and O–H groups in total. The molecule has 0 aromatic carbocycles. The summed E-state index contributed by atoms with van der Waals surface area (Å²) in [5.74, 6) is 0. The minimum atomic E-state index is -4.73. The van der Waals surface area contributed by atoms with E-state index in [-0.39, 0.29) is 19.3 Å². The van der Waals surface area contributed by atoms with Gasteiger partial charge in [0.2, 0.25) is 0 Å². The monoisotopic (exact) mass is 418 g/mol. The third-order valence-electron chi connectivity index (χ3n) is 6.13. The molecule has 2 atom stereocenters. The van der Waals surface area contributed by atoms with Crippen molar-refractivity contribution < 1.29 is 26.3 Å². The van der Waals surface area contributed by atoms with Crippen molar-refractivity contribution in [2.75, 3.05) is 0 Å². The summed E-state index contributed by atoms with van der Waals surface area (Å²) in [5, 5.41) is -1.47. The molecule has 0 saturated heterocycles. The molecule has 0 amide bonds. The molecule has 134 valence electrons. The lowest BCUT2D eigenvalue weighted by Crippen LogP contribution is -2.68. The lowest BCUT2D eigenvalue weighted by atomic mass is 9.39. The van der Waals surface area contributed by atoms with E-state index in [0.717, 1.165) is 0 Å². The molecule has 0 radical (unpaired) electrons. The van der Waals surface area contributed by atoms with Crippen LogP contribution in [0.25, 0.3) is 0 Å². The van der Waals surface area contributed by atoms with Gasteiger partial charge in [0.05, 0.1) is 10.8 Å². The van der Waals surface area contributed by atoms with E-state index in [2.05, 4.69) is 0 Å². The highest BCUT2D eigenvalue weighted by molar-refractivity contribution is 7.65. The molecular weight excluding hydrogens is 405 g/mol. The summed E-state index contributed by atoms with van der Waals surface area (Å²) in [4.78, 5) is 0. The van der Waals surface area contributed by atoms with Crippen LogP contribution >= 0.6 is 33.2 Å². The Labute approximate surface area is 145 Å². The van der Waals surface area contributed by atoms with E-state index in [1.54, 1.807) is 0 Å².